The largest absolute Gasteiger partial charge is 0.489 e. The number of ether oxygens (including phenoxy) is 1. The number of aromatic nitrogens is 1. The number of amides is 2. The molecule has 4 N–H and O–H groups in total. The van der Waals surface area contributed by atoms with Gasteiger partial charge in [-0.25, -0.2) is 9.37 Å². The van der Waals surface area contributed by atoms with Crippen LogP contribution in [-0.4, -0.2) is 35.1 Å². The average Bonchev–Trinajstić information content (AvgIpc) is 3.16. The normalized spacial score (nSPS) is 18.7. The average molecular weight is 451 g/mol. The topological polar surface area (TPSA) is 115 Å². The van der Waals surface area contributed by atoms with Gasteiger partial charge in [0.05, 0.1) is 12.2 Å². The number of aliphatic hydroxyl groups is 1. The summed E-state index contributed by atoms with van der Waals surface area (Å²) < 4.78 is 19.3. The van der Waals surface area contributed by atoms with Crippen molar-refractivity contribution in [3.63, 3.8) is 0 Å². The van der Waals surface area contributed by atoms with Gasteiger partial charge in [-0.05, 0) is 56.3 Å². The van der Waals surface area contributed by atoms with Crippen molar-refractivity contribution in [2.75, 3.05) is 13.2 Å². The van der Waals surface area contributed by atoms with E-state index in [1.54, 1.807) is 43.3 Å². The predicted molar refractivity (Wildman–Crippen MR) is 122 cm³/mol. The molecule has 0 unspecified atom stereocenters. The van der Waals surface area contributed by atoms with Crippen LogP contribution in [-0.2, 0) is 15.8 Å². The highest BCUT2D eigenvalue weighted by molar-refractivity contribution is 5.94. The van der Waals surface area contributed by atoms with Crippen LogP contribution in [0.3, 0.4) is 0 Å². The van der Waals surface area contributed by atoms with Gasteiger partial charge in [0.25, 0.3) is 5.91 Å². The quantitative estimate of drug-likeness (QED) is 0.533. The maximum Gasteiger partial charge on any atom is 0.251 e. The number of hydrogen-bond donors (Lipinski definition) is 3. The second kappa shape index (κ2) is 8.29. The summed E-state index contributed by atoms with van der Waals surface area (Å²) in [5.41, 5.74) is 5.00. The van der Waals surface area contributed by atoms with E-state index in [-0.39, 0.29) is 26.2 Å². The second-order valence-electron chi connectivity index (χ2n) is 8.55. The monoisotopic (exact) mass is 451 g/mol. The van der Waals surface area contributed by atoms with Crippen LogP contribution in [0.5, 0.6) is 5.75 Å². The van der Waals surface area contributed by atoms with E-state index in [1.807, 2.05) is 0 Å². The summed E-state index contributed by atoms with van der Waals surface area (Å²) in [7, 11) is 0. The van der Waals surface area contributed by atoms with Crippen LogP contribution in [0.2, 0.25) is 0 Å². The molecule has 1 aromatic heterocycles. The molecule has 3 aromatic rings. The third-order valence-corrected chi connectivity index (χ3v) is 5.92. The van der Waals surface area contributed by atoms with Gasteiger partial charge in [-0.3, -0.25) is 9.59 Å². The third-order valence-electron chi connectivity index (χ3n) is 5.92. The molecule has 172 valence electrons. The first-order chi connectivity index (χ1) is 15.6. The summed E-state index contributed by atoms with van der Waals surface area (Å²) in [6, 6.07) is 15.9. The Hall–Kier alpha value is -3.78. The summed E-state index contributed by atoms with van der Waals surface area (Å²) in [6.45, 7) is 3.05. The smallest absolute Gasteiger partial charge is 0.251 e. The molecule has 0 saturated carbocycles. The summed E-state index contributed by atoms with van der Waals surface area (Å²) >= 11 is 0. The Morgan fingerprint density at radius 1 is 1.24 bits per heavy atom. The summed E-state index contributed by atoms with van der Waals surface area (Å²) in [5, 5.41) is 14.0. The van der Waals surface area contributed by atoms with Crippen LogP contribution in [0, 0.1) is 5.82 Å². The van der Waals surface area contributed by atoms with Crippen molar-refractivity contribution < 1.29 is 25.2 Å². The number of pyridine rings is 1. The van der Waals surface area contributed by atoms with Crippen molar-refractivity contribution in [3.8, 4) is 17.0 Å². The van der Waals surface area contributed by atoms with Gasteiger partial charge in [-0.2, -0.15) is 0 Å². The van der Waals surface area contributed by atoms with Gasteiger partial charge in [-0.15, -0.1) is 0 Å². The van der Waals surface area contributed by atoms with E-state index in [0.29, 0.717) is 28.1 Å². The molecule has 0 radical (unpaired) electrons. The van der Waals surface area contributed by atoms with Crippen LogP contribution < -0.4 is 15.8 Å². The van der Waals surface area contributed by atoms with Crippen molar-refractivity contribution in [2.24, 2.45) is 5.73 Å². The Kier molecular flexibility index (Phi) is 5.63. The molecule has 7 nitrogen and oxygen atoms in total. The van der Waals surface area contributed by atoms with Crippen molar-refractivity contribution in [3.05, 3.63) is 83.3 Å². The number of rotatable bonds is 6. The molecule has 0 fully saturated rings. The van der Waals surface area contributed by atoms with Gasteiger partial charge in [-0.1, -0.05) is 18.2 Å². The van der Waals surface area contributed by atoms with E-state index >= 15 is 0 Å². The minimum atomic E-state index is -1.59. The van der Waals surface area contributed by atoms with Crippen LogP contribution in [0.1, 0.15) is 36.9 Å². The minimum Gasteiger partial charge on any atom is -0.489 e. The number of fused-ring (bicyclic) bond motifs is 1. The maximum atomic E-state index is 13.5. The predicted octanol–water partition coefficient (Wildman–Crippen LogP) is 2.91. The lowest BCUT2D eigenvalue weighted by Gasteiger charge is -2.26. The Labute approximate surface area is 191 Å². The number of carbonyl (C=O) groups is 2. The van der Waals surface area contributed by atoms with Crippen molar-refractivity contribution in [1.82, 2.24) is 10.3 Å². The zero-order valence-corrected chi connectivity index (χ0v) is 18.3. The van der Waals surface area contributed by atoms with Crippen molar-refractivity contribution in [1.29, 1.82) is 0 Å². The Morgan fingerprint density at radius 2 is 1.91 bits per heavy atom. The highest BCUT2D eigenvalue weighted by Crippen LogP contribution is 2.45. The molecule has 0 bridgehead atoms. The van der Waals surface area contributed by atoms with Gasteiger partial charge >= 0.3 is 0 Å². The molecule has 0 aliphatic carbocycles. The van der Waals surface area contributed by atoms with Gasteiger partial charge < -0.3 is 20.9 Å². The fourth-order valence-electron chi connectivity index (χ4n) is 3.70. The first-order valence-electron chi connectivity index (χ1n) is 10.4. The van der Waals surface area contributed by atoms with E-state index in [2.05, 4.69) is 10.3 Å². The molecule has 1 aliphatic rings. The van der Waals surface area contributed by atoms with Crippen LogP contribution in [0.15, 0.2) is 60.7 Å². The molecular weight excluding hydrogens is 425 g/mol. The lowest BCUT2D eigenvalue weighted by Crippen LogP contribution is -2.41. The number of halogens is 1. The molecule has 33 heavy (non-hydrogen) atoms. The van der Waals surface area contributed by atoms with Crippen molar-refractivity contribution in [2.45, 2.75) is 24.9 Å². The van der Waals surface area contributed by atoms with Gasteiger partial charge in [0.15, 0.2) is 0 Å². The number of primary amides is 1. The van der Waals surface area contributed by atoms with Gasteiger partial charge in [0.1, 0.15) is 34.9 Å². The van der Waals surface area contributed by atoms with E-state index in [4.69, 9.17) is 10.5 Å². The highest BCUT2D eigenvalue weighted by Gasteiger charge is 2.45. The number of benzene rings is 2. The molecular formula is C25H26FN3O4. The molecule has 0 saturated heterocycles. The third kappa shape index (κ3) is 4.17. The van der Waals surface area contributed by atoms with Crippen LogP contribution >= 0.6 is 0 Å². The number of nitrogens with two attached hydrogens (primary N) is 1. The van der Waals surface area contributed by atoms with E-state index in [1.165, 1.54) is 31.2 Å². The molecule has 1 aliphatic heterocycles. The first kappa shape index (κ1) is 22.4. The van der Waals surface area contributed by atoms with Crippen LogP contribution in [0.4, 0.5) is 4.39 Å². The SMILES string of the molecule is C[C@](O)(CNC(=O)c1ccccc1)c1cc2c(c(-c3ccc(F)cc3)n1)OC[C@]2(C)C(N)=O.[HH]. The maximum absolute atomic E-state index is 13.5. The molecule has 8 heteroatoms. The number of carbonyl (C=O) groups excluding carboxylic acids is 2. The highest BCUT2D eigenvalue weighted by atomic mass is 19.1. The summed E-state index contributed by atoms with van der Waals surface area (Å²) in [6.07, 6.45) is 0. The summed E-state index contributed by atoms with van der Waals surface area (Å²) in [4.78, 5) is 29.3. The van der Waals surface area contributed by atoms with E-state index in [0.717, 1.165) is 0 Å². The minimum absolute atomic E-state index is 0. The van der Waals surface area contributed by atoms with Gasteiger partial charge in [0, 0.05) is 18.1 Å². The number of nitrogens with one attached hydrogen (secondary N) is 1. The zero-order valence-electron chi connectivity index (χ0n) is 18.3. The molecule has 0 spiro atoms. The molecule has 2 amide bonds. The lowest BCUT2D eigenvalue weighted by atomic mass is 9.82. The lowest BCUT2D eigenvalue weighted by molar-refractivity contribution is -0.123. The van der Waals surface area contributed by atoms with Crippen molar-refractivity contribution >= 4 is 11.8 Å². The Bertz CT molecular complexity index is 1220. The van der Waals surface area contributed by atoms with Crippen LogP contribution in [0.25, 0.3) is 11.3 Å². The summed E-state index contributed by atoms with van der Waals surface area (Å²) in [5.74, 6) is -0.984. The fourth-order valence-corrected chi connectivity index (χ4v) is 3.70. The van der Waals surface area contributed by atoms with E-state index in [9.17, 15) is 19.1 Å². The molecule has 2 aromatic carbocycles. The number of nitrogens with zero attached hydrogens (tertiary/aromatic N) is 1. The molecule has 4 rings (SSSR count). The molecule has 2 heterocycles. The fraction of sp³-hybridized carbons (Fsp3) is 0.240. The Morgan fingerprint density at radius 3 is 2.55 bits per heavy atom. The Balaban J connectivity index is 0.00000324. The first-order valence-corrected chi connectivity index (χ1v) is 10.4. The standard InChI is InChI=1S/C25H24FN3O4.H2/c1-24(23(27)31)14-33-21-18(24)12-19(29-20(21)15-8-10-17(26)11-9-15)25(2,32)13-28-22(30)16-6-4-3-5-7-16;/h3-12,32H,13-14H2,1-2H3,(H2,27,31)(H,28,30);1H/t24-,25-;/m0./s1. The molecule has 2 atom stereocenters. The second-order valence-corrected chi connectivity index (χ2v) is 8.55. The van der Waals surface area contributed by atoms with E-state index < -0.39 is 22.7 Å². The number of hydrogen-bond acceptors (Lipinski definition) is 5. The van der Waals surface area contributed by atoms with Gasteiger partial charge in [0.2, 0.25) is 5.91 Å². The zero-order chi connectivity index (χ0) is 23.8.